The van der Waals surface area contributed by atoms with Crippen LogP contribution in [0, 0.1) is 0 Å². The van der Waals surface area contributed by atoms with Gasteiger partial charge < -0.3 is 9.72 Å². The van der Waals surface area contributed by atoms with Crippen LogP contribution in [0.5, 0.6) is 0 Å². The van der Waals surface area contributed by atoms with Gasteiger partial charge in [-0.05, 0) is 24.6 Å². The Balaban J connectivity index is 2.81. The Hall–Kier alpha value is -1.13. The maximum absolute atomic E-state index is 11.3. The van der Waals surface area contributed by atoms with E-state index < -0.39 is 5.24 Å². The summed E-state index contributed by atoms with van der Waals surface area (Å²) >= 11 is 5.30. The molecule has 1 rings (SSSR count). The number of hydrogen-bond acceptors (Lipinski definition) is 3. The fraction of sp³-hybridized carbons (Fsp3) is 0.400. The Morgan fingerprint density at radius 1 is 1.60 bits per heavy atom. The van der Waals surface area contributed by atoms with Crippen molar-refractivity contribution >= 4 is 16.8 Å². The van der Waals surface area contributed by atoms with Gasteiger partial charge in [-0.25, -0.2) is 0 Å². The molecule has 1 heterocycles. The van der Waals surface area contributed by atoms with Gasteiger partial charge in [0.25, 0.3) is 10.8 Å². The normalized spacial score (nSPS) is 10.3. The van der Waals surface area contributed by atoms with Crippen molar-refractivity contribution in [1.29, 1.82) is 0 Å². The Bertz CT molecular complexity index is 400. The van der Waals surface area contributed by atoms with Gasteiger partial charge >= 0.3 is 0 Å². The molecule has 15 heavy (non-hydrogen) atoms. The molecule has 0 radical (unpaired) electrons. The molecule has 0 aliphatic carbocycles. The minimum atomic E-state index is -0.580. The third-order valence-corrected chi connectivity index (χ3v) is 2.15. The number of carbonyl (C=O) groups is 1. The van der Waals surface area contributed by atoms with E-state index in [1.165, 1.54) is 12.3 Å². The van der Waals surface area contributed by atoms with Crippen LogP contribution in [0.1, 0.15) is 22.8 Å². The second kappa shape index (κ2) is 5.68. The summed E-state index contributed by atoms with van der Waals surface area (Å²) in [5.74, 6) is 0. The van der Waals surface area contributed by atoms with E-state index in [0.29, 0.717) is 30.8 Å². The SMILES string of the molecule is CCOCCc1cc(C(=O)Cl)c[nH]c1=O. The number of aromatic amines is 1. The summed E-state index contributed by atoms with van der Waals surface area (Å²) in [5.41, 5.74) is 0.592. The zero-order valence-corrected chi connectivity index (χ0v) is 9.13. The van der Waals surface area contributed by atoms with Crippen LogP contribution in [0.2, 0.25) is 0 Å². The van der Waals surface area contributed by atoms with Crippen molar-refractivity contribution in [2.24, 2.45) is 0 Å². The van der Waals surface area contributed by atoms with Crippen LogP contribution in [0.25, 0.3) is 0 Å². The van der Waals surface area contributed by atoms with Gasteiger partial charge in [-0.1, -0.05) is 0 Å². The summed E-state index contributed by atoms with van der Waals surface area (Å²) in [7, 11) is 0. The molecule has 0 unspecified atom stereocenters. The summed E-state index contributed by atoms with van der Waals surface area (Å²) < 4.78 is 5.12. The molecular weight excluding hydrogens is 218 g/mol. The fourth-order valence-electron chi connectivity index (χ4n) is 1.16. The number of H-pyrrole nitrogens is 1. The van der Waals surface area contributed by atoms with Gasteiger partial charge in [0.05, 0.1) is 12.2 Å². The molecule has 0 bridgehead atoms. The molecule has 82 valence electrons. The largest absolute Gasteiger partial charge is 0.381 e. The molecule has 0 aliphatic heterocycles. The Kier molecular flexibility index (Phi) is 4.52. The standard InChI is InChI=1S/C10H12ClNO3/c1-2-15-4-3-7-5-8(9(11)13)6-12-10(7)14/h5-6H,2-4H2,1H3,(H,12,14). The summed E-state index contributed by atoms with van der Waals surface area (Å²) in [6.45, 7) is 2.94. The number of aromatic nitrogens is 1. The molecule has 1 N–H and O–H groups in total. The molecule has 0 aromatic carbocycles. The maximum Gasteiger partial charge on any atom is 0.253 e. The van der Waals surface area contributed by atoms with E-state index in [1.54, 1.807) is 0 Å². The van der Waals surface area contributed by atoms with Crippen molar-refractivity contribution in [1.82, 2.24) is 4.98 Å². The third-order valence-electron chi connectivity index (χ3n) is 1.93. The third kappa shape index (κ3) is 3.49. The first kappa shape index (κ1) is 11.9. The average molecular weight is 230 g/mol. The van der Waals surface area contributed by atoms with Crippen molar-refractivity contribution < 1.29 is 9.53 Å². The van der Waals surface area contributed by atoms with E-state index in [1.807, 2.05) is 6.92 Å². The highest BCUT2D eigenvalue weighted by Crippen LogP contribution is 2.03. The number of nitrogens with one attached hydrogen (secondary N) is 1. The molecule has 0 atom stereocenters. The van der Waals surface area contributed by atoms with Gasteiger partial charge in [0, 0.05) is 24.8 Å². The van der Waals surface area contributed by atoms with Crippen LogP contribution in [0.15, 0.2) is 17.1 Å². The van der Waals surface area contributed by atoms with Crippen LogP contribution in [-0.2, 0) is 11.2 Å². The zero-order chi connectivity index (χ0) is 11.3. The number of rotatable bonds is 5. The lowest BCUT2D eigenvalue weighted by Crippen LogP contribution is -2.15. The molecule has 0 aliphatic rings. The average Bonchev–Trinajstić information content (AvgIpc) is 2.20. The van der Waals surface area contributed by atoms with Gasteiger partial charge in [0.2, 0.25) is 0 Å². The molecular formula is C10H12ClNO3. The van der Waals surface area contributed by atoms with E-state index >= 15 is 0 Å². The molecule has 0 amide bonds. The van der Waals surface area contributed by atoms with E-state index in [2.05, 4.69) is 4.98 Å². The number of pyridine rings is 1. The highest BCUT2D eigenvalue weighted by atomic mass is 35.5. The predicted octanol–water partition coefficient (Wildman–Crippen LogP) is 1.33. The maximum atomic E-state index is 11.3. The van der Waals surface area contributed by atoms with E-state index in [-0.39, 0.29) is 5.56 Å². The molecule has 1 aromatic heterocycles. The summed E-state index contributed by atoms with van der Waals surface area (Å²) in [6, 6.07) is 1.49. The zero-order valence-electron chi connectivity index (χ0n) is 8.38. The molecule has 0 spiro atoms. The van der Waals surface area contributed by atoms with Gasteiger partial charge in [-0.3, -0.25) is 9.59 Å². The summed E-state index contributed by atoms with van der Waals surface area (Å²) in [6.07, 6.45) is 1.78. The van der Waals surface area contributed by atoms with Crippen molar-refractivity contribution in [3.05, 3.63) is 33.7 Å². The Labute approximate surface area is 92.2 Å². The van der Waals surface area contributed by atoms with Gasteiger partial charge in [0.15, 0.2) is 0 Å². The fourth-order valence-corrected chi connectivity index (χ4v) is 1.27. The van der Waals surface area contributed by atoms with Crippen LogP contribution in [0.4, 0.5) is 0 Å². The molecule has 5 heteroatoms. The highest BCUT2D eigenvalue weighted by molar-refractivity contribution is 6.67. The van der Waals surface area contributed by atoms with Gasteiger partial charge in [0.1, 0.15) is 0 Å². The Morgan fingerprint density at radius 3 is 2.93 bits per heavy atom. The minimum Gasteiger partial charge on any atom is -0.381 e. The van der Waals surface area contributed by atoms with Gasteiger partial charge in [-0.15, -0.1) is 0 Å². The highest BCUT2D eigenvalue weighted by Gasteiger charge is 2.06. The first-order chi connectivity index (χ1) is 7.15. The first-order valence-corrected chi connectivity index (χ1v) is 5.02. The quantitative estimate of drug-likeness (QED) is 0.612. The van der Waals surface area contributed by atoms with Crippen molar-refractivity contribution in [3.63, 3.8) is 0 Å². The van der Waals surface area contributed by atoms with Crippen molar-refractivity contribution in [2.45, 2.75) is 13.3 Å². The lowest BCUT2D eigenvalue weighted by molar-refractivity contribution is 0.108. The summed E-state index contributed by atoms with van der Waals surface area (Å²) in [5, 5.41) is -0.580. The van der Waals surface area contributed by atoms with E-state index in [0.717, 1.165) is 0 Å². The summed E-state index contributed by atoms with van der Waals surface area (Å²) in [4.78, 5) is 24.6. The minimum absolute atomic E-state index is 0.212. The monoisotopic (exact) mass is 229 g/mol. The van der Waals surface area contributed by atoms with Crippen molar-refractivity contribution in [2.75, 3.05) is 13.2 Å². The lowest BCUT2D eigenvalue weighted by atomic mass is 10.1. The van der Waals surface area contributed by atoms with Crippen LogP contribution in [-0.4, -0.2) is 23.4 Å². The van der Waals surface area contributed by atoms with E-state index in [9.17, 15) is 9.59 Å². The number of hydrogen-bond donors (Lipinski definition) is 1. The molecule has 1 aromatic rings. The number of halogens is 1. The second-order valence-corrected chi connectivity index (χ2v) is 3.31. The lowest BCUT2D eigenvalue weighted by Gasteiger charge is -2.02. The Morgan fingerprint density at radius 2 is 2.33 bits per heavy atom. The number of carbonyl (C=O) groups excluding carboxylic acids is 1. The molecule has 0 fully saturated rings. The predicted molar refractivity (Wildman–Crippen MR) is 57.4 cm³/mol. The van der Waals surface area contributed by atoms with Crippen LogP contribution >= 0.6 is 11.6 Å². The van der Waals surface area contributed by atoms with Crippen LogP contribution < -0.4 is 5.56 Å². The molecule has 0 saturated heterocycles. The van der Waals surface area contributed by atoms with E-state index in [4.69, 9.17) is 16.3 Å². The van der Waals surface area contributed by atoms with Crippen molar-refractivity contribution in [3.8, 4) is 0 Å². The topological polar surface area (TPSA) is 59.2 Å². The van der Waals surface area contributed by atoms with Crippen LogP contribution in [0.3, 0.4) is 0 Å². The second-order valence-electron chi connectivity index (χ2n) is 2.96. The molecule has 4 nitrogen and oxygen atoms in total. The molecule has 0 saturated carbocycles. The number of ether oxygens (including phenoxy) is 1. The smallest absolute Gasteiger partial charge is 0.253 e. The first-order valence-electron chi connectivity index (χ1n) is 4.64. The van der Waals surface area contributed by atoms with Gasteiger partial charge in [-0.2, -0.15) is 0 Å².